The summed E-state index contributed by atoms with van der Waals surface area (Å²) in [5.41, 5.74) is 0.882. The van der Waals surface area contributed by atoms with Crippen molar-refractivity contribution in [2.45, 2.75) is 5.03 Å². The van der Waals surface area contributed by atoms with E-state index in [0.717, 1.165) is 10.7 Å². The SMILES string of the molecule is CS(C)(S)c1cn2ncccc2n1. The number of fused-ring (bicyclic) bond motifs is 1. The van der Waals surface area contributed by atoms with E-state index < -0.39 is 9.06 Å². The molecule has 0 unspecified atom stereocenters. The van der Waals surface area contributed by atoms with Crippen LogP contribution in [-0.2, 0) is 0 Å². The summed E-state index contributed by atoms with van der Waals surface area (Å²) in [5.74, 6) is 0. The average Bonchev–Trinajstić information content (AvgIpc) is 2.45. The van der Waals surface area contributed by atoms with E-state index in [-0.39, 0.29) is 0 Å². The van der Waals surface area contributed by atoms with E-state index >= 15 is 0 Å². The highest BCUT2D eigenvalue weighted by Crippen LogP contribution is 2.52. The predicted octanol–water partition coefficient (Wildman–Crippen LogP) is 2.00. The van der Waals surface area contributed by atoms with Gasteiger partial charge in [-0.1, -0.05) is 0 Å². The molecule has 2 rings (SSSR count). The maximum atomic E-state index is 4.53. The highest BCUT2D eigenvalue weighted by atomic mass is 33.1. The molecule has 0 aromatic carbocycles. The summed E-state index contributed by atoms with van der Waals surface area (Å²) < 4.78 is 1.78. The van der Waals surface area contributed by atoms with Crippen LogP contribution in [0.4, 0.5) is 0 Å². The number of imidazole rings is 1. The topological polar surface area (TPSA) is 30.2 Å². The van der Waals surface area contributed by atoms with Gasteiger partial charge in [0.05, 0.1) is 6.20 Å². The van der Waals surface area contributed by atoms with Crippen LogP contribution in [0.5, 0.6) is 0 Å². The molecular formula is C8H11N3S2. The first kappa shape index (κ1) is 8.90. The van der Waals surface area contributed by atoms with Gasteiger partial charge in [0.25, 0.3) is 0 Å². The van der Waals surface area contributed by atoms with Crippen LogP contribution < -0.4 is 0 Å². The minimum Gasteiger partial charge on any atom is -0.222 e. The number of thiol groups is 1. The zero-order valence-corrected chi connectivity index (χ0v) is 9.22. The van der Waals surface area contributed by atoms with E-state index in [1.165, 1.54) is 0 Å². The molecule has 0 amide bonds. The molecule has 0 spiro atoms. The number of hydrogen-bond donors (Lipinski definition) is 1. The Morgan fingerprint density at radius 1 is 1.46 bits per heavy atom. The van der Waals surface area contributed by atoms with E-state index in [1.807, 2.05) is 18.3 Å². The summed E-state index contributed by atoms with van der Waals surface area (Å²) >= 11 is 4.53. The Kier molecular flexibility index (Phi) is 2.00. The van der Waals surface area contributed by atoms with Gasteiger partial charge in [0, 0.05) is 6.20 Å². The van der Waals surface area contributed by atoms with E-state index in [1.54, 1.807) is 10.7 Å². The minimum atomic E-state index is -1.04. The highest BCUT2D eigenvalue weighted by Gasteiger charge is 2.13. The third-order valence-electron chi connectivity index (χ3n) is 1.73. The van der Waals surface area contributed by atoms with Crippen LogP contribution in [0.15, 0.2) is 29.6 Å². The van der Waals surface area contributed by atoms with Gasteiger partial charge in [-0.2, -0.15) is 14.2 Å². The third kappa shape index (κ3) is 1.66. The fourth-order valence-electron chi connectivity index (χ4n) is 1.05. The van der Waals surface area contributed by atoms with Crippen LogP contribution in [0.3, 0.4) is 0 Å². The summed E-state index contributed by atoms with van der Waals surface area (Å²) in [5, 5.41) is 5.17. The van der Waals surface area contributed by atoms with E-state index in [4.69, 9.17) is 0 Å². The maximum absolute atomic E-state index is 4.53. The summed E-state index contributed by atoms with van der Waals surface area (Å²) in [6, 6.07) is 3.82. The van der Waals surface area contributed by atoms with E-state index in [2.05, 4.69) is 34.3 Å². The van der Waals surface area contributed by atoms with Gasteiger partial charge in [0.2, 0.25) is 0 Å². The summed E-state index contributed by atoms with van der Waals surface area (Å²) in [6.45, 7) is 0. The summed E-state index contributed by atoms with van der Waals surface area (Å²) in [4.78, 5) is 4.45. The molecule has 0 saturated carbocycles. The van der Waals surface area contributed by atoms with Crippen LogP contribution in [0.2, 0.25) is 0 Å². The van der Waals surface area contributed by atoms with Crippen molar-refractivity contribution in [3.8, 4) is 0 Å². The van der Waals surface area contributed by atoms with Crippen LogP contribution in [-0.4, -0.2) is 27.1 Å². The van der Waals surface area contributed by atoms with E-state index in [9.17, 15) is 0 Å². The molecule has 5 heteroatoms. The second-order valence-corrected chi connectivity index (χ2v) is 8.88. The highest BCUT2D eigenvalue weighted by molar-refractivity contribution is 8.87. The smallest absolute Gasteiger partial charge is 0.154 e. The van der Waals surface area contributed by atoms with Crippen molar-refractivity contribution < 1.29 is 0 Å². The monoisotopic (exact) mass is 213 g/mol. The molecule has 0 radical (unpaired) electrons. The first-order valence-electron chi connectivity index (χ1n) is 3.83. The Morgan fingerprint density at radius 2 is 2.23 bits per heavy atom. The second kappa shape index (κ2) is 2.92. The summed E-state index contributed by atoms with van der Waals surface area (Å²) in [6.07, 6.45) is 7.88. The standard InChI is InChI=1S/C8H11N3S2/c1-13(2,12)8-6-11-7(10-8)4-3-5-9-11/h3-6,12H,1-2H3. The molecular weight excluding hydrogens is 202 g/mol. The fourth-order valence-corrected chi connectivity index (χ4v) is 1.99. The summed E-state index contributed by atoms with van der Waals surface area (Å²) in [7, 11) is -1.04. The molecule has 0 aliphatic carbocycles. The molecule has 2 aromatic heterocycles. The first-order chi connectivity index (χ1) is 6.07. The molecule has 0 fully saturated rings. The molecule has 0 aliphatic heterocycles. The first-order valence-corrected chi connectivity index (χ1v) is 7.34. The number of hydrogen-bond acceptors (Lipinski definition) is 3. The molecule has 2 aromatic rings. The van der Waals surface area contributed by atoms with Crippen molar-refractivity contribution in [3.63, 3.8) is 0 Å². The van der Waals surface area contributed by atoms with Crippen molar-refractivity contribution in [3.05, 3.63) is 24.5 Å². The minimum absolute atomic E-state index is 0.882. The van der Waals surface area contributed by atoms with Gasteiger partial charge in [-0.05, 0) is 24.6 Å². The van der Waals surface area contributed by atoms with Crippen molar-refractivity contribution in [1.82, 2.24) is 14.6 Å². The molecule has 0 bridgehead atoms. The van der Waals surface area contributed by atoms with Gasteiger partial charge < -0.3 is 0 Å². The molecule has 70 valence electrons. The largest absolute Gasteiger partial charge is 0.222 e. The molecule has 0 saturated heterocycles. The lowest BCUT2D eigenvalue weighted by Crippen LogP contribution is -1.86. The lowest BCUT2D eigenvalue weighted by Gasteiger charge is -2.19. The van der Waals surface area contributed by atoms with Gasteiger partial charge in [-0.25, -0.2) is 9.50 Å². The zero-order chi connectivity index (χ0) is 9.47. The van der Waals surface area contributed by atoms with Crippen molar-refractivity contribution in [1.29, 1.82) is 0 Å². The molecule has 0 aliphatic rings. The molecule has 0 N–H and O–H groups in total. The Labute approximate surface area is 83.3 Å². The Balaban J connectivity index is 2.63. The maximum Gasteiger partial charge on any atom is 0.154 e. The van der Waals surface area contributed by atoms with Crippen LogP contribution >= 0.6 is 20.7 Å². The Hall–Kier alpha value is -0.680. The Bertz CT molecular complexity index is 397. The number of rotatable bonds is 1. The van der Waals surface area contributed by atoms with Crippen LogP contribution in [0, 0.1) is 0 Å². The van der Waals surface area contributed by atoms with Gasteiger partial charge in [-0.3, -0.25) is 0 Å². The van der Waals surface area contributed by atoms with Crippen molar-refractivity contribution in [2.24, 2.45) is 0 Å². The van der Waals surface area contributed by atoms with Crippen molar-refractivity contribution in [2.75, 3.05) is 12.5 Å². The lowest BCUT2D eigenvalue weighted by atomic mass is 10.6. The van der Waals surface area contributed by atoms with Crippen LogP contribution in [0.1, 0.15) is 0 Å². The van der Waals surface area contributed by atoms with Gasteiger partial charge >= 0.3 is 0 Å². The molecule has 13 heavy (non-hydrogen) atoms. The molecule has 2 heterocycles. The average molecular weight is 213 g/mol. The Morgan fingerprint density at radius 3 is 2.85 bits per heavy atom. The van der Waals surface area contributed by atoms with Crippen molar-refractivity contribution >= 4 is 26.4 Å². The quantitative estimate of drug-likeness (QED) is 0.580. The van der Waals surface area contributed by atoms with E-state index in [0.29, 0.717) is 0 Å². The molecule has 0 atom stereocenters. The zero-order valence-electron chi connectivity index (χ0n) is 7.51. The third-order valence-corrected chi connectivity index (χ3v) is 3.51. The number of aromatic nitrogens is 3. The second-order valence-electron chi connectivity index (χ2n) is 3.18. The fraction of sp³-hybridized carbons (Fsp3) is 0.250. The lowest BCUT2D eigenvalue weighted by molar-refractivity contribution is 0.932. The predicted molar refractivity (Wildman–Crippen MR) is 59.7 cm³/mol. The van der Waals surface area contributed by atoms with Crippen LogP contribution in [0.25, 0.3) is 5.65 Å². The van der Waals surface area contributed by atoms with Gasteiger partial charge in [-0.15, -0.1) is 11.7 Å². The van der Waals surface area contributed by atoms with Gasteiger partial charge in [0.15, 0.2) is 5.65 Å². The normalized spacial score (nSPS) is 13.5. The molecule has 3 nitrogen and oxygen atoms in total. The van der Waals surface area contributed by atoms with Gasteiger partial charge in [0.1, 0.15) is 5.03 Å². The number of nitrogens with zero attached hydrogens (tertiary/aromatic N) is 3.